The van der Waals surface area contributed by atoms with Crippen molar-refractivity contribution in [3.63, 3.8) is 0 Å². The van der Waals surface area contributed by atoms with Crippen LogP contribution in [-0.2, 0) is 4.79 Å². The summed E-state index contributed by atoms with van der Waals surface area (Å²) < 4.78 is 11.1. The van der Waals surface area contributed by atoms with Crippen LogP contribution in [0.25, 0.3) is 10.8 Å². The van der Waals surface area contributed by atoms with Crippen molar-refractivity contribution < 1.29 is 19.1 Å². The van der Waals surface area contributed by atoms with Gasteiger partial charge >= 0.3 is 5.97 Å². The van der Waals surface area contributed by atoms with Crippen molar-refractivity contribution in [1.29, 1.82) is 0 Å². The van der Waals surface area contributed by atoms with Crippen LogP contribution < -0.4 is 14.9 Å². The molecule has 4 rings (SSSR count). The number of hydrogen-bond acceptors (Lipinski definition) is 5. The molecule has 8 heteroatoms. The molecule has 0 spiro atoms. The van der Waals surface area contributed by atoms with E-state index in [1.807, 2.05) is 42.5 Å². The highest BCUT2D eigenvalue weighted by Crippen LogP contribution is 2.23. The highest BCUT2D eigenvalue weighted by atomic mass is 35.5. The van der Waals surface area contributed by atoms with E-state index in [-0.39, 0.29) is 10.6 Å². The van der Waals surface area contributed by atoms with Crippen LogP contribution in [0.5, 0.6) is 11.5 Å². The Morgan fingerprint density at radius 3 is 2.49 bits per heavy atom. The molecule has 0 bridgehead atoms. The predicted octanol–water partition coefficient (Wildman–Crippen LogP) is 6.28. The second-order valence-corrected chi connectivity index (χ2v) is 8.43. The lowest BCUT2D eigenvalue weighted by molar-refractivity contribution is -0.127. The van der Waals surface area contributed by atoms with Crippen molar-refractivity contribution in [2.24, 2.45) is 5.10 Å². The molecule has 4 aromatic carbocycles. The molecule has 1 atom stereocenters. The molecule has 1 N–H and O–H groups in total. The molecule has 35 heavy (non-hydrogen) atoms. The zero-order chi connectivity index (χ0) is 24.8. The maximum absolute atomic E-state index is 12.4. The first-order chi connectivity index (χ1) is 16.9. The normalized spacial score (nSPS) is 11.9. The lowest BCUT2D eigenvalue weighted by Gasteiger charge is -2.13. The summed E-state index contributed by atoms with van der Waals surface area (Å²) in [5.74, 6) is -0.141. The average molecular weight is 507 g/mol. The summed E-state index contributed by atoms with van der Waals surface area (Å²) >= 11 is 11.9. The van der Waals surface area contributed by atoms with Crippen molar-refractivity contribution in [3.8, 4) is 11.5 Å². The zero-order valence-corrected chi connectivity index (χ0v) is 20.1. The van der Waals surface area contributed by atoms with E-state index in [0.717, 1.165) is 10.8 Å². The fourth-order valence-corrected chi connectivity index (χ4v) is 3.72. The van der Waals surface area contributed by atoms with Gasteiger partial charge in [0.1, 0.15) is 11.5 Å². The number of fused-ring (bicyclic) bond motifs is 1. The highest BCUT2D eigenvalue weighted by Gasteiger charge is 2.15. The van der Waals surface area contributed by atoms with Crippen molar-refractivity contribution in [3.05, 3.63) is 106 Å². The maximum atomic E-state index is 12.4. The Bertz CT molecular complexity index is 1420. The Morgan fingerprint density at radius 2 is 1.69 bits per heavy atom. The standard InChI is InChI=1S/C27H20Cl2N2O4/c1-17(34-23-11-9-19-6-2-3-7-20(19)14-23)26(32)31-30-16-18-5-4-8-22(13-18)35-27(33)24-12-10-21(28)15-25(24)29/h2-17H,1H3,(H,31,32)/b30-16-/t17-/m0/s1. The largest absolute Gasteiger partial charge is 0.481 e. The molecule has 6 nitrogen and oxygen atoms in total. The van der Waals surface area contributed by atoms with E-state index in [2.05, 4.69) is 10.5 Å². The van der Waals surface area contributed by atoms with Gasteiger partial charge in [0.2, 0.25) is 0 Å². The van der Waals surface area contributed by atoms with E-state index in [9.17, 15) is 9.59 Å². The second kappa shape index (κ2) is 11.0. The van der Waals surface area contributed by atoms with Crippen LogP contribution in [0.1, 0.15) is 22.8 Å². The first-order valence-corrected chi connectivity index (χ1v) is 11.4. The van der Waals surface area contributed by atoms with Crippen molar-refractivity contribution in [2.45, 2.75) is 13.0 Å². The monoisotopic (exact) mass is 506 g/mol. The molecule has 0 aromatic heterocycles. The van der Waals surface area contributed by atoms with Crippen molar-refractivity contribution in [2.75, 3.05) is 0 Å². The molecule has 0 radical (unpaired) electrons. The zero-order valence-electron chi connectivity index (χ0n) is 18.6. The van der Waals surface area contributed by atoms with E-state index in [0.29, 0.717) is 22.1 Å². The average Bonchev–Trinajstić information content (AvgIpc) is 2.84. The van der Waals surface area contributed by atoms with Crippen LogP contribution >= 0.6 is 23.2 Å². The summed E-state index contributed by atoms with van der Waals surface area (Å²) in [6.07, 6.45) is 0.678. The number of nitrogens with one attached hydrogen (secondary N) is 1. The van der Waals surface area contributed by atoms with E-state index < -0.39 is 18.0 Å². The Kier molecular flexibility index (Phi) is 7.65. The van der Waals surface area contributed by atoms with Crippen LogP contribution in [0.4, 0.5) is 0 Å². The van der Waals surface area contributed by atoms with Gasteiger partial charge in [-0.05, 0) is 65.7 Å². The van der Waals surface area contributed by atoms with E-state index >= 15 is 0 Å². The Balaban J connectivity index is 1.34. The van der Waals surface area contributed by atoms with Gasteiger partial charge in [-0.3, -0.25) is 4.79 Å². The second-order valence-electron chi connectivity index (χ2n) is 7.59. The summed E-state index contributed by atoms with van der Waals surface area (Å²) in [4.78, 5) is 24.8. The third kappa shape index (κ3) is 6.38. The summed E-state index contributed by atoms with van der Waals surface area (Å²) in [5, 5.41) is 6.70. The molecule has 0 unspecified atom stereocenters. The van der Waals surface area contributed by atoms with Gasteiger partial charge < -0.3 is 9.47 Å². The van der Waals surface area contributed by atoms with Gasteiger partial charge in [0.05, 0.1) is 16.8 Å². The molecule has 0 fully saturated rings. The number of hydrogen-bond donors (Lipinski definition) is 1. The third-order valence-electron chi connectivity index (χ3n) is 5.01. The van der Waals surface area contributed by atoms with Crippen LogP contribution in [0.15, 0.2) is 90.0 Å². The molecule has 176 valence electrons. The third-order valence-corrected chi connectivity index (χ3v) is 5.56. The maximum Gasteiger partial charge on any atom is 0.345 e. The Labute approximate surface area is 212 Å². The minimum absolute atomic E-state index is 0.197. The summed E-state index contributed by atoms with van der Waals surface area (Å²) in [5.41, 5.74) is 3.26. The predicted molar refractivity (Wildman–Crippen MR) is 138 cm³/mol. The minimum Gasteiger partial charge on any atom is -0.481 e. The van der Waals surface area contributed by atoms with Gasteiger partial charge in [0, 0.05) is 5.02 Å². The molecule has 0 aliphatic carbocycles. The lowest BCUT2D eigenvalue weighted by Crippen LogP contribution is -2.33. The number of halogens is 2. The van der Waals surface area contributed by atoms with Crippen LogP contribution in [0, 0.1) is 0 Å². The van der Waals surface area contributed by atoms with Gasteiger partial charge in [-0.1, -0.05) is 65.7 Å². The summed E-state index contributed by atoms with van der Waals surface area (Å²) in [6, 6.07) is 24.7. The topological polar surface area (TPSA) is 77.0 Å². The fourth-order valence-electron chi connectivity index (χ4n) is 3.24. The molecule has 0 aliphatic rings. The van der Waals surface area contributed by atoms with E-state index in [1.54, 1.807) is 37.3 Å². The van der Waals surface area contributed by atoms with Crippen LogP contribution in [0.3, 0.4) is 0 Å². The lowest BCUT2D eigenvalue weighted by atomic mass is 10.1. The number of nitrogens with zero attached hydrogens (tertiary/aromatic N) is 1. The number of benzene rings is 4. The smallest absolute Gasteiger partial charge is 0.345 e. The van der Waals surface area contributed by atoms with E-state index in [4.69, 9.17) is 32.7 Å². The van der Waals surface area contributed by atoms with Crippen molar-refractivity contribution >= 4 is 52.1 Å². The number of rotatable bonds is 7. The molecule has 0 heterocycles. The first-order valence-electron chi connectivity index (χ1n) is 10.6. The minimum atomic E-state index is -0.760. The Hall–Kier alpha value is -3.87. The van der Waals surface area contributed by atoms with Crippen LogP contribution in [0.2, 0.25) is 10.0 Å². The molecule has 0 saturated carbocycles. The van der Waals surface area contributed by atoms with Gasteiger partial charge in [0.25, 0.3) is 5.91 Å². The van der Waals surface area contributed by atoms with Gasteiger partial charge in [-0.15, -0.1) is 0 Å². The molecular formula is C27H20Cl2N2O4. The van der Waals surface area contributed by atoms with Crippen molar-refractivity contribution in [1.82, 2.24) is 5.43 Å². The first kappa shape index (κ1) is 24.3. The number of carbonyl (C=O) groups excluding carboxylic acids is 2. The molecular weight excluding hydrogens is 487 g/mol. The van der Waals surface area contributed by atoms with Gasteiger partial charge in [-0.2, -0.15) is 5.10 Å². The fraction of sp³-hybridized carbons (Fsp3) is 0.0741. The van der Waals surface area contributed by atoms with E-state index in [1.165, 1.54) is 18.3 Å². The summed E-state index contributed by atoms with van der Waals surface area (Å²) in [6.45, 7) is 1.64. The van der Waals surface area contributed by atoms with Crippen LogP contribution in [-0.4, -0.2) is 24.2 Å². The molecule has 4 aromatic rings. The number of ether oxygens (including phenoxy) is 2. The van der Waals surface area contributed by atoms with Gasteiger partial charge in [0.15, 0.2) is 6.10 Å². The number of amides is 1. The van der Waals surface area contributed by atoms with Gasteiger partial charge in [-0.25, -0.2) is 10.2 Å². The number of esters is 1. The molecule has 1 amide bonds. The SMILES string of the molecule is C[C@H](Oc1ccc2ccccc2c1)C(=O)N/N=C\c1cccc(OC(=O)c2ccc(Cl)cc2Cl)c1. The highest BCUT2D eigenvalue weighted by molar-refractivity contribution is 6.36. The summed E-state index contributed by atoms with van der Waals surface area (Å²) in [7, 11) is 0. The number of carbonyl (C=O) groups is 2. The molecule has 0 aliphatic heterocycles. The number of hydrazone groups is 1. The quantitative estimate of drug-likeness (QED) is 0.138. The molecule has 0 saturated heterocycles. The Morgan fingerprint density at radius 1 is 0.886 bits per heavy atom.